The molecule has 0 amide bonds. The molecule has 0 saturated carbocycles. The highest BCUT2D eigenvalue weighted by atomic mass is 16.7. The molecule has 2 aliphatic rings. The van der Waals surface area contributed by atoms with Crippen molar-refractivity contribution < 1.29 is 28.9 Å². The molecule has 2 heterocycles. The average molecular weight is 279 g/mol. The maximum atomic E-state index is 11.0. The maximum absolute atomic E-state index is 11.0. The van der Waals surface area contributed by atoms with Gasteiger partial charge in [0.2, 0.25) is 12.5 Å². The predicted molar refractivity (Wildman–Crippen MR) is 67.2 cm³/mol. The number of nitrogens with zero attached hydrogens (tertiary/aromatic N) is 1. The van der Waals surface area contributed by atoms with Crippen LogP contribution in [0.5, 0.6) is 17.2 Å². The molecule has 2 aliphatic heterocycles. The van der Waals surface area contributed by atoms with Gasteiger partial charge in [0.1, 0.15) is 0 Å². The van der Waals surface area contributed by atoms with E-state index < -0.39 is 12.1 Å². The summed E-state index contributed by atoms with van der Waals surface area (Å²) in [6.07, 6.45) is -0.482. The van der Waals surface area contributed by atoms with Gasteiger partial charge in [-0.2, -0.15) is 0 Å². The minimum Gasteiger partial charge on any atom is -0.493 e. The van der Waals surface area contributed by atoms with Crippen LogP contribution in [0.1, 0.15) is 18.6 Å². The number of benzene rings is 1. The molecule has 1 aromatic rings. The Morgan fingerprint density at radius 3 is 2.90 bits per heavy atom. The summed E-state index contributed by atoms with van der Waals surface area (Å²) in [7, 11) is 1.53. The van der Waals surface area contributed by atoms with Gasteiger partial charge in [0, 0.05) is 5.56 Å². The van der Waals surface area contributed by atoms with E-state index in [4.69, 9.17) is 24.2 Å². The Hall–Kier alpha value is -2.44. The Labute approximate surface area is 114 Å². The molecule has 0 saturated heterocycles. The van der Waals surface area contributed by atoms with Gasteiger partial charge in [0.25, 0.3) is 0 Å². The standard InChI is InChI=1S/C13H13NO6/c1-6-10(13(15)16)14-20-11(6)7-3-8(17-2)12-9(4-7)18-5-19-12/h3-4,6,11H,5H2,1-2H3,(H,15,16)/t6-,11+/m1/s1. The third kappa shape index (κ3) is 1.82. The van der Waals surface area contributed by atoms with Crippen molar-refractivity contribution in [1.29, 1.82) is 0 Å². The number of ether oxygens (including phenoxy) is 3. The molecule has 0 fully saturated rings. The Bertz CT molecular complexity index is 597. The second-order valence-corrected chi connectivity index (χ2v) is 4.55. The minimum absolute atomic E-state index is 0.00614. The lowest BCUT2D eigenvalue weighted by molar-refractivity contribution is -0.129. The SMILES string of the molecule is COc1cc([C@H]2ON=C(C(=O)O)[C@H]2C)cc2c1OCO2. The average Bonchev–Trinajstić information content (AvgIpc) is 3.03. The molecule has 0 aliphatic carbocycles. The van der Waals surface area contributed by atoms with Gasteiger partial charge in [-0.15, -0.1) is 0 Å². The number of carboxylic acids is 1. The van der Waals surface area contributed by atoms with Gasteiger partial charge in [-0.05, 0) is 12.1 Å². The summed E-state index contributed by atoms with van der Waals surface area (Å²) in [5, 5.41) is 12.7. The number of methoxy groups -OCH3 is 1. The van der Waals surface area contributed by atoms with Crippen LogP contribution < -0.4 is 14.2 Å². The summed E-state index contributed by atoms with van der Waals surface area (Å²) >= 11 is 0. The van der Waals surface area contributed by atoms with Gasteiger partial charge in [-0.25, -0.2) is 4.79 Å². The first-order chi connectivity index (χ1) is 9.61. The van der Waals surface area contributed by atoms with Gasteiger partial charge < -0.3 is 24.2 Å². The number of carbonyl (C=O) groups is 1. The molecule has 2 atom stereocenters. The zero-order valence-corrected chi connectivity index (χ0v) is 11.0. The highest BCUT2D eigenvalue weighted by Gasteiger charge is 2.37. The fourth-order valence-electron chi connectivity index (χ4n) is 2.33. The van der Waals surface area contributed by atoms with E-state index in [0.717, 1.165) is 5.56 Å². The molecular weight excluding hydrogens is 266 g/mol. The summed E-state index contributed by atoms with van der Waals surface area (Å²) in [6.45, 7) is 1.88. The van der Waals surface area contributed by atoms with Crippen LogP contribution in [0.2, 0.25) is 0 Å². The van der Waals surface area contributed by atoms with Crippen LogP contribution in [-0.2, 0) is 9.63 Å². The van der Waals surface area contributed by atoms with Gasteiger partial charge in [-0.3, -0.25) is 0 Å². The normalized spacial score (nSPS) is 23.2. The monoisotopic (exact) mass is 279 g/mol. The Kier molecular flexibility index (Phi) is 2.89. The topological polar surface area (TPSA) is 86.6 Å². The highest BCUT2D eigenvalue weighted by Crippen LogP contribution is 2.45. The molecule has 7 nitrogen and oxygen atoms in total. The number of aliphatic carboxylic acids is 1. The molecule has 0 radical (unpaired) electrons. The zero-order chi connectivity index (χ0) is 14.3. The van der Waals surface area contributed by atoms with Crippen molar-refractivity contribution >= 4 is 11.7 Å². The molecule has 0 aromatic heterocycles. The molecule has 0 unspecified atom stereocenters. The van der Waals surface area contributed by atoms with Crippen LogP contribution in [0.4, 0.5) is 0 Å². The molecule has 0 bridgehead atoms. The van der Waals surface area contributed by atoms with E-state index >= 15 is 0 Å². The summed E-state index contributed by atoms with van der Waals surface area (Å²) < 4.78 is 15.9. The van der Waals surface area contributed by atoms with Gasteiger partial charge in [0.15, 0.2) is 23.3 Å². The van der Waals surface area contributed by atoms with E-state index in [0.29, 0.717) is 17.2 Å². The summed E-state index contributed by atoms with van der Waals surface area (Å²) in [5.41, 5.74) is 0.741. The lowest BCUT2D eigenvalue weighted by atomic mass is 9.93. The molecule has 1 aromatic carbocycles. The third-order valence-corrected chi connectivity index (χ3v) is 3.38. The van der Waals surface area contributed by atoms with Crippen molar-refractivity contribution in [1.82, 2.24) is 0 Å². The summed E-state index contributed by atoms with van der Waals surface area (Å²) in [5.74, 6) is 0.181. The van der Waals surface area contributed by atoms with Crippen LogP contribution in [0.25, 0.3) is 0 Å². The highest BCUT2D eigenvalue weighted by molar-refractivity contribution is 6.36. The Morgan fingerprint density at radius 1 is 1.45 bits per heavy atom. The molecular formula is C13H13NO6. The van der Waals surface area contributed by atoms with E-state index in [-0.39, 0.29) is 18.4 Å². The third-order valence-electron chi connectivity index (χ3n) is 3.38. The van der Waals surface area contributed by atoms with Crippen LogP contribution in [-0.4, -0.2) is 30.7 Å². The van der Waals surface area contributed by atoms with Crippen LogP contribution >= 0.6 is 0 Å². The van der Waals surface area contributed by atoms with Crippen molar-refractivity contribution in [2.75, 3.05) is 13.9 Å². The smallest absolute Gasteiger partial charge is 0.354 e. The predicted octanol–water partition coefficient (Wildman–Crippen LogP) is 1.57. The minimum atomic E-state index is -1.08. The Morgan fingerprint density at radius 2 is 2.25 bits per heavy atom. The lowest BCUT2D eigenvalue weighted by Crippen LogP contribution is -2.21. The number of hydrogen-bond donors (Lipinski definition) is 1. The largest absolute Gasteiger partial charge is 0.493 e. The molecule has 3 rings (SSSR count). The van der Waals surface area contributed by atoms with Crippen LogP contribution in [0, 0.1) is 5.92 Å². The van der Waals surface area contributed by atoms with Crippen molar-refractivity contribution in [3.63, 3.8) is 0 Å². The fraction of sp³-hybridized carbons (Fsp3) is 0.385. The second kappa shape index (κ2) is 4.59. The fourth-order valence-corrected chi connectivity index (χ4v) is 2.33. The first-order valence-corrected chi connectivity index (χ1v) is 6.06. The summed E-state index contributed by atoms with van der Waals surface area (Å²) in [4.78, 5) is 16.3. The van der Waals surface area contributed by atoms with Crippen molar-refractivity contribution in [2.45, 2.75) is 13.0 Å². The zero-order valence-electron chi connectivity index (χ0n) is 11.0. The second-order valence-electron chi connectivity index (χ2n) is 4.55. The van der Waals surface area contributed by atoms with E-state index in [2.05, 4.69) is 5.16 Å². The molecule has 1 N–H and O–H groups in total. The van der Waals surface area contributed by atoms with Gasteiger partial charge in [0.05, 0.1) is 13.0 Å². The molecule has 7 heteroatoms. The van der Waals surface area contributed by atoms with E-state index in [1.165, 1.54) is 7.11 Å². The van der Waals surface area contributed by atoms with E-state index in [9.17, 15) is 4.79 Å². The van der Waals surface area contributed by atoms with Crippen molar-refractivity contribution in [3.8, 4) is 17.2 Å². The van der Waals surface area contributed by atoms with Crippen LogP contribution in [0.15, 0.2) is 17.3 Å². The first-order valence-electron chi connectivity index (χ1n) is 6.06. The number of oxime groups is 1. The first kappa shape index (κ1) is 12.6. The Balaban J connectivity index is 1.95. The van der Waals surface area contributed by atoms with Gasteiger partial charge in [-0.1, -0.05) is 12.1 Å². The van der Waals surface area contributed by atoms with Gasteiger partial charge >= 0.3 is 5.97 Å². The molecule has 0 spiro atoms. The van der Waals surface area contributed by atoms with E-state index in [1.807, 2.05) is 0 Å². The number of fused-ring (bicyclic) bond motifs is 1. The van der Waals surface area contributed by atoms with Crippen LogP contribution in [0.3, 0.4) is 0 Å². The number of rotatable bonds is 3. The van der Waals surface area contributed by atoms with Crippen molar-refractivity contribution in [3.05, 3.63) is 17.7 Å². The number of carboxylic acid groups (broad SMARTS) is 1. The summed E-state index contributed by atoms with van der Waals surface area (Å²) in [6, 6.07) is 3.50. The van der Waals surface area contributed by atoms with Crippen molar-refractivity contribution in [2.24, 2.45) is 11.1 Å². The molecule has 20 heavy (non-hydrogen) atoms. The van der Waals surface area contributed by atoms with E-state index in [1.54, 1.807) is 19.1 Å². The lowest BCUT2D eigenvalue weighted by Gasteiger charge is -2.15. The molecule has 106 valence electrons. The number of hydrogen-bond acceptors (Lipinski definition) is 6. The quantitative estimate of drug-likeness (QED) is 0.903. The maximum Gasteiger partial charge on any atom is 0.354 e.